The Labute approximate surface area is 178 Å². The van der Waals surface area contributed by atoms with Crippen LogP contribution in [0, 0.1) is 0 Å². The number of aryl methyl sites for hydroxylation is 2. The summed E-state index contributed by atoms with van der Waals surface area (Å²) in [6.07, 6.45) is 3.67. The van der Waals surface area contributed by atoms with Crippen molar-refractivity contribution < 1.29 is 19.0 Å². The first-order chi connectivity index (χ1) is 14.7. The fourth-order valence-corrected chi connectivity index (χ4v) is 3.20. The first-order valence-corrected chi connectivity index (χ1v) is 10.3. The predicted molar refractivity (Wildman–Crippen MR) is 118 cm³/mol. The summed E-state index contributed by atoms with van der Waals surface area (Å²) in [7, 11) is 1.37. The van der Waals surface area contributed by atoms with Gasteiger partial charge in [0, 0.05) is 6.07 Å². The summed E-state index contributed by atoms with van der Waals surface area (Å²) in [5, 5.41) is 0. The van der Waals surface area contributed by atoms with Crippen LogP contribution in [-0.4, -0.2) is 26.3 Å². The monoisotopic (exact) mass is 404 g/mol. The highest BCUT2D eigenvalue weighted by atomic mass is 16.5. The molecule has 0 unspecified atom stereocenters. The molecule has 0 heterocycles. The highest BCUT2D eigenvalue weighted by molar-refractivity contribution is 5.90. The molecule has 0 amide bonds. The molecule has 156 valence electrons. The molecule has 0 radical (unpaired) electrons. The van der Waals surface area contributed by atoms with Crippen molar-refractivity contribution in [3.63, 3.8) is 0 Å². The summed E-state index contributed by atoms with van der Waals surface area (Å²) in [6, 6.07) is 25.9. The third-order valence-electron chi connectivity index (χ3n) is 4.74. The second-order valence-corrected chi connectivity index (χ2v) is 7.06. The van der Waals surface area contributed by atoms with Crippen molar-refractivity contribution in [1.82, 2.24) is 0 Å². The lowest BCUT2D eigenvalue weighted by Crippen LogP contribution is -2.06. The molecule has 0 bridgehead atoms. The molecule has 4 heteroatoms. The molecular formula is C26H28O4. The molecule has 3 aromatic carbocycles. The smallest absolute Gasteiger partial charge is 0.338 e. The Hall–Kier alpha value is -3.27. The third-order valence-corrected chi connectivity index (χ3v) is 4.74. The van der Waals surface area contributed by atoms with Gasteiger partial charge in [0.2, 0.25) is 0 Å². The standard InChI is InChI=1S/C26H28O4/c1-28-26(27)23-18-24(29-16-8-14-21-10-4-2-5-11-21)20-25(19-23)30-17-9-15-22-12-6-3-7-13-22/h2-7,10-13,18-20H,8-9,14-17H2,1H3. The van der Waals surface area contributed by atoms with Crippen molar-refractivity contribution >= 4 is 5.97 Å². The van der Waals surface area contributed by atoms with E-state index in [0.29, 0.717) is 30.3 Å². The van der Waals surface area contributed by atoms with E-state index in [1.165, 1.54) is 18.2 Å². The van der Waals surface area contributed by atoms with Crippen LogP contribution in [0.1, 0.15) is 34.3 Å². The van der Waals surface area contributed by atoms with E-state index in [9.17, 15) is 4.79 Å². The van der Waals surface area contributed by atoms with Gasteiger partial charge in [-0.05, 0) is 48.9 Å². The lowest BCUT2D eigenvalue weighted by Gasteiger charge is -2.12. The van der Waals surface area contributed by atoms with Crippen molar-refractivity contribution in [2.45, 2.75) is 25.7 Å². The molecule has 0 N–H and O–H groups in total. The van der Waals surface area contributed by atoms with E-state index < -0.39 is 5.97 Å². The lowest BCUT2D eigenvalue weighted by molar-refractivity contribution is 0.0599. The molecule has 0 aliphatic carbocycles. The Morgan fingerprint density at radius 3 is 1.60 bits per heavy atom. The van der Waals surface area contributed by atoms with Gasteiger partial charge in [-0.25, -0.2) is 4.79 Å². The third kappa shape index (κ3) is 6.96. The van der Waals surface area contributed by atoms with Crippen molar-refractivity contribution in [3.8, 4) is 11.5 Å². The molecule has 0 saturated carbocycles. The molecule has 3 rings (SSSR count). The molecular weight excluding hydrogens is 376 g/mol. The number of esters is 1. The SMILES string of the molecule is COC(=O)c1cc(OCCCc2ccccc2)cc(OCCCc2ccccc2)c1. The molecule has 0 spiro atoms. The minimum absolute atomic E-state index is 0.404. The van der Waals surface area contributed by atoms with Crippen LogP contribution in [0.3, 0.4) is 0 Å². The van der Waals surface area contributed by atoms with E-state index in [4.69, 9.17) is 14.2 Å². The summed E-state index contributed by atoms with van der Waals surface area (Å²) in [5.41, 5.74) is 3.00. The summed E-state index contributed by atoms with van der Waals surface area (Å²) in [4.78, 5) is 12.0. The van der Waals surface area contributed by atoms with Gasteiger partial charge in [-0.15, -0.1) is 0 Å². The maximum absolute atomic E-state index is 12.0. The molecule has 3 aromatic rings. The minimum Gasteiger partial charge on any atom is -0.493 e. The second kappa shape index (κ2) is 11.7. The minimum atomic E-state index is -0.404. The largest absolute Gasteiger partial charge is 0.493 e. The zero-order valence-corrected chi connectivity index (χ0v) is 17.4. The van der Waals surface area contributed by atoms with E-state index in [-0.39, 0.29) is 0 Å². The number of carbonyl (C=O) groups excluding carboxylic acids is 1. The molecule has 4 nitrogen and oxygen atoms in total. The van der Waals surface area contributed by atoms with Crippen molar-refractivity contribution in [2.24, 2.45) is 0 Å². The Morgan fingerprint density at radius 1 is 0.700 bits per heavy atom. The van der Waals surface area contributed by atoms with Gasteiger partial charge in [-0.2, -0.15) is 0 Å². The first kappa shape index (κ1) is 21.4. The van der Waals surface area contributed by atoms with Gasteiger partial charge in [0.15, 0.2) is 0 Å². The van der Waals surface area contributed by atoms with Crippen molar-refractivity contribution in [2.75, 3.05) is 20.3 Å². The van der Waals surface area contributed by atoms with Crippen LogP contribution in [0.5, 0.6) is 11.5 Å². The number of hydrogen-bond donors (Lipinski definition) is 0. The summed E-state index contributed by atoms with van der Waals surface area (Å²) >= 11 is 0. The van der Waals surface area contributed by atoms with E-state index in [2.05, 4.69) is 24.3 Å². The average molecular weight is 405 g/mol. The van der Waals surface area contributed by atoms with E-state index in [0.717, 1.165) is 25.7 Å². The Kier molecular flexibility index (Phi) is 8.34. The van der Waals surface area contributed by atoms with Crippen molar-refractivity contribution in [3.05, 3.63) is 95.6 Å². The van der Waals surface area contributed by atoms with Crippen LogP contribution in [0.15, 0.2) is 78.9 Å². The predicted octanol–water partition coefficient (Wildman–Crippen LogP) is 5.50. The van der Waals surface area contributed by atoms with Crippen molar-refractivity contribution in [1.29, 1.82) is 0 Å². The molecule has 0 fully saturated rings. The number of rotatable bonds is 11. The highest BCUT2D eigenvalue weighted by Crippen LogP contribution is 2.24. The zero-order chi connectivity index (χ0) is 21.0. The van der Waals surface area contributed by atoms with Crippen LogP contribution in [-0.2, 0) is 17.6 Å². The lowest BCUT2D eigenvalue weighted by atomic mass is 10.1. The van der Waals surface area contributed by atoms with Crippen LogP contribution < -0.4 is 9.47 Å². The van der Waals surface area contributed by atoms with Gasteiger partial charge in [-0.1, -0.05) is 60.7 Å². The van der Waals surface area contributed by atoms with E-state index in [1.807, 2.05) is 42.5 Å². The van der Waals surface area contributed by atoms with Crippen LogP contribution in [0.2, 0.25) is 0 Å². The highest BCUT2D eigenvalue weighted by Gasteiger charge is 2.11. The number of methoxy groups -OCH3 is 1. The average Bonchev–Trinajstić information content (AvgIpc) is 2.80. The second-order valence-electron chi connectivity index (χ2n) is 7.06. The van der Waals surface area contributed by atoms with Gasteiger partial charge in [0.05, 0.1) is 25.9 Å². The van der Waals surface area contributed by atoms with Gasteiger partial charge >= 0.3 is 5.97 Å². The Balaban J connectivity index is 1.53. The molecule has 30 heavy (non-hydrogen) atoms. The summed E-state index contributed by atoms with van der Waals surface area (Å²) < 4.78 is 16.6. The molecule has 0 aromatic heterocycles. The fourth-order valence-electron chi connectivity index (χ4n) is 3.20. The quantitative estimate of drug-likeness (QED) is 0.313. The normalized spacial score (nSPS) is 10.4. The molecule has 0 saturated heterocycles. The van der Waals surface area contributed by atoms with Crippen LogP contribution >= 0.6 is 0 Å². The van der Waals surface area contributed by atoms with Gasteiger partial charge in [0.25, 0.3) is 0 Å². The fraction of sp³-hybridized carbons (Fsp3) is 0.269. The van der Waals surface area contributed by atoms with Gasteiger partial charge in [0.1, 0.15) is 11.5 Å². The van der Waals surface area contributed by atoms with Crippen LogP contribution in [0.4, 0.5) is 0 Å². The number of benzene rings is 3. The van der Waals surface area contributed by atoms with E-state index in [1.54, 1.807) is 12.1 Å². The number of ether oxygens (including phenoxy) is 3. The Morgan fingerprint density at radius 2 is 1.17 bits per heavy atom. The molecule has 0 aliphatic heterocycles. The number of hydrogen-bond acceptors (Lipinski definition) is 4. The topological polar surface area (TPSA) is 44.8 Å². The Bertz CT molecular complexity index is 841. The van der Waals surface area contributed by atoms with Gasteiger partial charge < -0.3 is 14.2 Å². The number of carbonyl (C=O) groups is 1. The molecule has 0 aliphatic rings. The van der Waals surface area contributed by atoms with E-state index >= 15 is 0 Å². The molecule has 0 atom stereocenters. The summed E-state index contributed by atoms with van der Waals surface area (Å²) in [5.74, 6) is 0.826. The summed E-state index contributed by atoms with van der Waals surface area (Å²) in [6.45, 7) is 1.12. The van der Waals surface area contributed by atoms with Gasteiger partial charge in [-0.3, -0.25) is 0 Å². The zero-order valence-electron chi connectivity index (χ0n) is 17.4. The maximum atomic E-state index is 12.0. The maximum Gasteiger partial charge on any atom is 0.338 e. The van der Waals surface area contributed by atoms with Crippen LogP contribution in [0.25, 0.3) is 0 Å². The first-order valence-electron chi connectivity index (χ1n) is 10.3.